The van der Waals surface area contributed by atoms with Crippen molar-refractivity contribution < 1.29 is 19.4 Å². The molecule has 1 aromatic rings. The number of aliphatic carboxylic acids is 1. The summed E-state index contributed by atoms with van der Waals surface area (Å²) in [7, 11) is 0. The number of rotatable bonds is 4. The maximum Gasteiger partial charge on any atom is 0.415 e. The van der Waals surface area contributed by atoms with Gasteiger partial charge in [-0.25, -0.2) is 4.79 Å². The Hall–Kier alpha value is -2.08. The van der Waals surface area contributed by atoms with E-state index in [1.807, 2.05) is 0 Å². The van der Waals surface area contributed by atoms with Crippen LogP contribution >= 0.6 is 0 Å². The number of ether oxygens (including phenoxy) is 1. The Balaban J connectivity index is 1.91. The van der Waals surface area contributed by atoms with Crippen LogP contribution in [-0.2, 0) is 11.2 Å². The monoisotopic (exact) mass is 278 g/mol. The average Bonchev–Trinajstić information content (AvgIpc) is 2.95. The van der Waals surface area contributed by atoms with Crippen LogP contribution in [-0.4, -0.2) is 41.2 Å². The first-order valence-electron chi connectivity index (χ1n) is 6.60. The molecule has 1 aromatic carbocycles. The Kier molecular flexibility index (Phi) is 4.57. The molecule has 0 radical (unpaired) electrons. The highest BCUT2D eigenvalue weighted by molar-refractivity contribution is 5.73. The second kappa shape index (κ2) is 6.38. The van der Waals surface area contributed by atoms with Gasteiger partial charge in [-0.05, 0) is 37.0 Å². The number of nitrogens with two attached hydrogens (primary N) is 1. The van der Waals surface area contributed by atoms with E-state index in [1.165, 1.54) is 0 Å². The molecule has 108 valence electrons. The zero-order valence-electron chi connectivity index (χ0n) is 11.1. The molecule has 0 spiro atoms. The summed E-state index contributed by atoms with van der Waals surface area (Å²) in [5.41, 5.74) is 6.25. The molecule has 20 heavy (non-hydrogen) atoms. The van der Waals surface area contributed by atoms with Gasteiger partial charge in [-0.1, -0.05) is 12.1 Å². The Morgan fingerprint density at radius 2 is 1.85 bits per heavy atom. The maximum atomic E-state index is 11.8. The molecule has 1 aliphatic rings. The van der Waals surface area contributed by atoms with Crippen molar-refractivity contribution in [2.24, 2.45) is 5.73 Å². The van der Waals surface area contributed by atoms with Crippen molar-refractivity contribution in [3.8, 4) is 5.75 Å². The number of carbonyl (C=O) groups is 2. The molecule has 1 heterocycles. The van der Waals surface area contributed by atoms with Gasteiger partial charge in [0.2, 0.25) is 0 Å². The van der Waals surface area contributed by atoms with Gasteiger partial charge in [-0.2, -0.15) is 0 Å². The summed E-state index contributed by atoms with van der Waals surface area (Å²) in [4.78, 5) is 24.1. The lowest BCUT2D eigenvalue weighted by atomic mass is 10.1. The molecular weight excluding hydrogens is 260 g/mol. The molecule has 3 N–H and O–H groups in total. The smallest absolute Gasteiger partial charge is 0.415 e. The first kappa shape index (κ1) is 14.3. The zero-order valence-corrected chi connectivity index (χ0v) is 11.1. The highest BCUT2D eigenvalue weighted by Crippen LogP contribution is 2.16. The summed E-state index contributed by atoms with van der Waals surface area (Å²) in [5, 5.41) is 8.74. The van der Waals surface area contributed by atoms with E-state index in [4.69, 9.17) is 15.6 Å². The maximum absolute atomic E-state index is 11.8. The molecule has 1 saturated heterocycles. The topological polar surface area (TPSA) is 92.9 Å². The van der Waals surface area contributed by atoms with Gasteiger partial charge < -0.3 is 20.5 Å². The summed E-state index contributed by atoms with van der Waals surface area (Å²) < 4.78 is 5.25. The number of carboxylic acid groups (broad SMARTS) is 1. The lowest BCUT2D eigenvalue weighted by Gasteiger charge is -2.15. The molecule has 1 amide bonds. The Morgan fingerprint density at radius 3 is 2.40 bits per heavy atom. The van der Waals surface area contributed by atoms with E-state index >= 15 is 0 Å². The van der Waals surface area contributed by atoms with Gasteiger partial charge in [0.05, 0.1) is 0 Å². The summed E-state index contributed by atoms with van der Waals surface area (Å²) in [6, 6.07) is 5.81. The van der Waals surface area contributed by atoms with Crippen LogP contribution in [0.3, 0.4) is 0 Å². The molecule has 0 unspecified atom stereocenters. The normalized spacial score (nSPS) is 15.9. The van der Waals surface area contributed by atoms with Crippen molar-refractivity contribution in [3.05, 3.63) is 29.8 Å². The van der Waals surface area contributed by atoms with Crippen molar-refractivity contribution in [3.63, 3.8) is 0 Å². The molecule has 1 atom stereocenters. The van der Waals surface area contributed by atoms with Crippen molar-refractivity contribution in [2.45, 2.75) is 25.3 Å². The SMILES string of the molecule is N[C@@H](Cc1ccc(OC(=O)N2CCCC2)cc1)C(=O)O. The van der Waals surface area contributed by atoms with Crippen LogP contribution in [0.5, 0.6) is 5.75 Å². The summed E-state index contributed by atoms with van der Waals surface area (Å²) in [6.07, 6.45) is 1.94. The van der Waals surface area contributed by atoms with E-state index < -0.39 is 12.0 Å². The number of amides is 1. The lowest BCUT2D eigenvalue weighted by molar-refractivity contribution is -0.138. The molecule has 1 aliphatic heterocycles. The van der Waals surface area contributed by atoms with Crippen LogP contribution in [0.1, 0.15) is 18.4 Å². The van der Waals surface area contributed by atoms with Gasteiger partial charge in [0.25, 0.3) is 0 Å². The molecule has 0 saturated carbocycles. The van der Waals surface area contributed by atoms with Crippen molar-refractivity contribution >= 4 is 12.1 Å². The van der Waals surface area contributed by atoms with E-state index in [-0.39, 0.29) is 12.5 Å². The highest BCUT2D eigenvalue weighted by Gasteiger charge is 2.19. The van der Waals surface area contributed by atoms with E-state index in [1.54, 1.807) is 29.2 Å². The van der Waals surface area contributed by atoms with Gasteiger partial charge in [-0.15, -0.1) is 0 Å². The number of hydrogen-bond acceptors (Lipinski definition) is 4. The van der Waals surface area contributed by atoms with E-state index in [0.29, 0.717) is 5.75 Å². The standard InChI is InChI=1S/C14H18N2O4/c15-12(13(17)18)9-10-3-5-11(6-4-10)20-14(19)16-7-1-2-8-16/h3-6,12H,1-2,7-9,15H2,(H,17,18)/t12-/m0/s1. The van der Waals surface area contributed by atoms with Crippen LogP contribution in [0.2, 0.25) is 0 Å². The van der Waals surface area contributed by atoms with E-state index in [9.17, 15) is 9.59 Å². The minimum Gasteiger partial charge on any atom is -0.480 e. The van der Waals surface area contributed by atoms with Crippen LogP contribution in [0.15, 0.2) is 24.3 Å². The third-order valence-corrected chi connectivity index (χ3v) is 3.27. The first-order chi connectivity index (χ1) is 9.56. The van der Waals surface area contributed by atoms with Gasteiger partial charge in [0.1, 0.15) is 11.8 Å². The third-order valence-electron chi connectivity index (χ3n) is 3.27. The van der Waals surface area contributed by atoms with Gasteiger partial charge in [0, 0.05) is 13.1 Å². The van der Waals surface area contributed by atoms with Crippen molar-refractivity contribution in [1.29, 1.82) is 0 Å². The fraction of sp³-hybridized carbons (Fsp3) is 0.429. The number of nitrogens with zero attached hydrogens (tertiary/aromatic N) is 1. The average molecular weight is 278 g/mol. The number of carbonyl (C=O) groups excluding carboxylic acids is 1. The predicted molar refractivity (Wildman–Crippen MR) is 72.6 cm³/mol. The summed E-state index contributed by atoms with van der Waals surface area (Å²) in [5.74, 6) is -0.580. The predicted octanol–water partition coefficient (Wildman–Crippen LogP) is 1.24. The molecule has 2 rings (SSSR count). The first-order valence-corrected chi connectivity index (χ1v) is 6.60. The molecule has 6 nitrogen and oxygen atoms in total. The largest absolute Gasteiger partial charge is 0.480 e. The number of likely N-dealkylation sites (tertiary alicyclic amines) is 1. The third kappa shape index (κ3) is 3.71. The Labute approximate surface area is 117 Å². The van der Waals surface area contributed by atoms with Crippen LogP contribution in [0.25, 0.3) is 0 Å². The van der Waals surface area contributed by atoms with Crippen LogP contribution in [0, 0.1) is 0 Å². The van der Waals surface area contributed by atoms with Gasteiger partial charge >= 0.3 is 12.1 Å². The zero-order chi connectivity index (χ0) is 14.5. The fourth-order valence-electron chi connectivity index (χ4n) is 2.10. The highest BCUT2D eigenvalue weighted by atomic mass is 16.6. The molecule has 0 aromatic heterocycles. The van der Waals surface area contributed by atoms with Crippen LogP contribution in [0.4, 0.5) is 4.79 Å². The van der Waals surface area contributed by atoms with Crippen molar-refractivity contribution in [1.82, 2.24) is 4.90 Å². The van der Waals surface area contributed by atoms with Gasteiger partial charge in [-0.3, -0.25) is 4.79 Å². The quantitative estimate of drug-likeness (QED) is 0.864. The minimum absolute atomic E-state index is 0.246. The number of benzene rings is 1. The molecular formula is C14H18N2O4. The summed E-state index contributed by atoms with van der Waals surface area (Å²) >= 11 is 0. The number of carboxylic acids is 1. The second-order valence-electron chi connectivity index (χ2n) is 4.85. The lowest BCUT2D eigenvalue weighted by Crippen LogP contribution is -2.32. The van der Waals surface area contributed by atoms with Crippen molar-refractivity contribution in [2.75, 3.05) is 13.1 Å². The Bertz CT molecular complexity index is 480. The molecule has 0 bridgehead atoms. The second-order valence-corrected chi connectivity index (χ2v) is 4.85. The number of hydrogen-bond donors (Lipinski definition) is 2. The molecule has 6 heteroatoms. The molecule has 1 fully saturated rings. The molecule has 0 aliphatic carbocycles. The van der Waals surface area contributed by atoms with Gasteiger partial charge in [0.15, 0.2) is 0 Å². The summed E-state index contributed by atoms with van der Waals surface area (Å²) in [6.45, 7) is 1.48. The fourth-order valence-corrected chi connectivity index (χ4v) is 2.10. The van der Waals surface area contributed by atoms with E-state index in [0.717, 1.165) is 31.5 Å². The minimum atomic E-state index is -1.03. The van der Waals surface area contributed by atoms with E-state index in [2.05, 4.69) is 0 Å². The van der Waals surface area contributed by atoms with Crippen LogP contribution < -0.4 is 10.5 Å². The Morgan fingerprint density at radius 1 is 1.25 bits per heavy atom.